The molecule has 1 aliphatic heterocycles. The van der Waals surface area contributed by atoms with Crippen LogP contribution in [0.25, 0.3) is 28.0 Å². The van der Waals surface area contributed by atoms with E-state index in [1.54, 1.807) is 50.6 Å². The van der Waals surface area contributed by atoms with Crippen molar-refractivity contribution in [2.75, 3.05) is 63.0 Å². The lowest BCUT2D eigenvalue weighted by atomic mass is 10.1. The SMILES string of the molecule is C[NH2+]/C=C(\C=N)c1cnc2c(N3CCOCC3)nc(-c3ccc(NC(=O)Nc4ccc(C(=O)N(C)C)cc4)c(F)c3)nc2c1. The molecular formula is C31H33FN9O3+. The number of anilines is 3. The van der Waals surface area contributed by atoms with Crippen LogP contribution in [0.3, 0.4) is 0 Å². The van der Waals surface area contributed by atoms with Crippen molar-refractivity contribution < 1.29 is 24.0 Å². The zero-order valence-corrected chi connectivity index (χ0v) is 24.6. The summed E-state index contributed by atoms with van der Waals surface area (Å²) in [7, 11) is 5.19. The van der Waals surface area contributed by atoms with E-state index in [9.17, 15) is 9.59 Å². The van der Waals surface area contributed by atoms with Crippen molar-refractivity contribution in [3.8, 4) is 11.4 Å². The smallest absolute Gasteiger partial charge is 0.323 e. The van der Waals surface area contributed by atoms with E-state index < -0.39 is 11.8 Å². The predicted octanol–water partition coefficient (Wildman–Crippen LogP) is 3.20. The van der Waals surface area contributed by atoms with Crippen molar-refractivity contribution in [2.45, 2.75) is 0 Å². The Morgan fingerprint density at radius 2 is 1.80 bits per heavy atom. The first-order chi connectivity index (χ1) is 21.3. The van der Waals surface area contributed by atoms with Crippen LogP contribution in [0.15, 0.2) is 60.9 Å². The van der Waals surface area contributed by atoms with Gasteiger partial charge < -0.3 is 35.9 Å². The van der Waals surface area contributed by atoms with Crippen molar-refractivity contribution in [3.63, 3.8) is 0 Å². The molecule has 5 N–H and O–H groups in total. The number of nitrogens with one attached hydrogen (secondary N) is 3. The maximum atomic E-state index is 15.3. The zero-order valence-electron chi connectivity index (χ0n) is 24.6. The molecule has 2 aromatic carbocycles. The van der Waals surface area contributed by atoms with Crippen LogP contribution in [-0.2, 0) is 4.74 Å². The van der Waals surface area contributed by atoms with Gasteiger partial charge in [-0.25, -0.2) is 19.2 Å². The lowest BCUT2D eigenvalue weighted by Gasteiger charge is -2.28. The van der Waals surface area contributed by atoms with E-state index in [0.717, 1.165) is 5.56 Å². The van der Waals surface area contributed by atoms with Gasteiger partial charge in [0.2, 0.25) is 0 Å². The van der Waals surface area contributed by atoms with Gasteiger partial charge in [-0.15, -0.1) is 0 Å². The number of nitrogens with two attached hydrogens (primary N) is 1. The molecule has 44 heavy (non-hydrogen) atoms. The van der Waals surface area contributed by atoms with Gasteiger partial charge in [-0.2, -0.15) is 0 Å². The van der Waals surface area contributed by atoms with Crippen LogP contribution >= 0.6 is 0 Å². The molecule has 0 atom stereocenters. The Kier molecular flexibility index (Phi) is 9.17. The molecule has 12 nitrogen and oxygen atoms in total. The molecule has 1 aliphatic rings. The molecule has 226 valence electrons. The number of aromatic nitrogens is 3. The molecule has 0 radical (unpaired) electrons. The number of quaternary nitrogens is 1. The Bertz CT molecular complexity index is 1740. The molecule has 0 unspecified atom stereocenters. The Morgan fingerprint density at radius 1 is 1.05 bits per heavy atom. The van der Waals surface area contributed by atoms with Crippen molar-refractivity contribution >= 4 is 52.0 Å². The molecule has 4 aromatic rings. The molecule has 0 aliphatic carbocycles. The minimum Gasteiger partial charge on any atom is -0.378 e. The van der Waals surface area contributed by atoms with E-state index in [2.05, 4.69) is 20.5 Å². The largest absolute Gasteiger partial charge is 0.378 e. The number of nitrogens with zero attached hydrogens (tertiary/aromatic N) is 5. The second-order valence-corrected chi connectivity index (χ2v) is 10.2. The second-order valence-electron chi connectivity index (χ2n) is 10.2. The number of carbonyl (C=O) groups is 2. The lowest BCUT2D eigenvalue weighted by molar-refractivity contribution is -0.555. The lowest BCUT2D eigenvalue weighted by Crippen LogP contribution is -2.72. The molecule has 13 heteroatoms. The molecule has 2 aromatic heterocycles. The number of carbonyl (C=O) groups excluding carboxylic acids is 2. The quantitative estimate of drug-likeness (QED) is 0.227. The van der Waals surface area contributed by atoms with Gasteiger partial charge in [0.15, 0.2) is 11.6 Å². The number of morpholine rings is 1. The summed E-state index contributed by atoms with van der Waals surface area (Å²) in [6.07, 6.45) is 4.77. The van der Waals surface area contributed by atoms with E-state index in [-0.39, 0.29) is 11.6 Å². The van der Waals surface area contributed by atoms with Gasteiger partial charge in [0, 0.05) is 62.0 Å². The Labute approximate surface area is 253 Å². The summed E-state index contributed by atoms with van der Waals surface area (Å²) in [5.74, 6) is 0.0845. The molecule has 1 saturated heterocycles. The number of rotatable bonds is 8. The molecule has 3 heterocycles. The number of hydrogen-bond acceptors (Lipinski definition) is 8. The predicted molar refractivity (Wildman–Crippen MR) is 167 cm³/mol. The Balaban J connectivity index is 1.41. The third-order valence-corrected chi connectivity index (χ3v) is 6.93. The van der Waals surface area contributed by atoms with Crippen molar-refractivity contribution in [3.05, 3.63) is 77.9 Å². The van der Waals surface area contributed by atoms with Crippen LogP contribution in [0.4, 0.5) is 26.4 Å². The Hall–Kier alpha value is -5.27. The number of ether oxygens (including phenoxy) is 1. The normalized spacial score (nSPS) is 13.5. The van der Waals surface area contributed by atoms with Gasteiger partial charge in [-0.05, 0) is 48.5 Å². The number of halogens is 1. The van der Waals surface area contributed by atoms with Crippen LogP contribution in [-0.4, -0.2) is 85.5 Å². The summed E-state index contributed by atoms with van der Waals surface area (Å²) in [6, 6.07) is 12.0. The van der Waals surface area contributed by atoms with Crippen LogP contribution in [0.5, 0.6) is 0 Å². The maximum absolute atomic E-state index is 15.3. The minimum atomic E-state index is -0.666. The second kappa shape index (κ2) is 13.4. The first-order valence-corrected chi connectivity index (χ1v) is 14.0. The first-order valence-electron chi connectivity index (χ1n) is 14.0. The first kappa shape index (κ1) is 30.2. The molecule has 5 rings (SSSR count). The zero-order chi connectivity index (χ0) is 31.2. The highest BCUT2D eigenvalue weighted by molar-refractivity contribution is 6.08. The number of fused-ring (bicyclic) bond motifs is 1. The summed E-state index contributed by atoms with van der Waals surface area (Å²) < 4.78 is 20.8. The number of amides is 3. The van der Waals surface area contributed by atoms with Crippen molar-refractivity contribution in [1.82, 2.24) is 19.9 Å². The van der Waals surface area contributed by atoms with Crippen molar-refractivity contribution in [1.29, 1.82) is 5.41 Å². The monoisotopic (exact) mass is 598 g/mol. The van der Waals surface area contributed by atoms with Crippen LogP contribution < -0.4 is 20.9 Å². The molecule has 3 amide bonds. The summed E-state index contributed by atoms with van der Waals surface area (Å²) in [5.41, 5.74) is 3.86. The van der Waals surface area contributed by atoms with E-state index in [1.807, 2.05) is 24.6 Å². The standard InChI is InChI=1S/C31H32FN9O3/c1-34-17-22(16-33)21-15-26-27(35-18-21)29(41-10-12-44-13-11-41)39-28(37-26)20-6-9-25(24(32)14-20)38-31(43)36-23-7-4-19(5-8-23)30(42)40(2)3/h4-9,14-18,33-34H,10-13H2,1-3H3,(H2,36,38,43)/p+1/b22-17+,33-16?. The van der Waals surface area contributed by atoms with Crippen molar-refractivity contribution in [2.24, 2.45) is 0 Å². The minimum absolute atomic E-state index is 0.0274. The molecular weight excluding hydrogens is 565 g/mol. The molecule has 1 fully saturated rings. The summed E-state index contributed by atoms with van der Waals surface area (Å²) >= 11 is 0. The highest BCUT2D eigenvalue weighted by Gasteiger charge is 2.21. The highest BCUT2D eigenvalue weighted by Crippen LogP contribution is 2.30. The number of allylic oxidation sites excluding steroid dienone is 1. The van der Waals surface area contributed by atoms with Gasteiger partial charge in [-0.1, -0.05) is 0 Å². The molecule has 0 saturated carbocycles. The van der Waals surface area contributed by atoms with Gasteiger partial charge in [0.05, 0.1) is 37.0 Å². The number of hydrogen-bond donors (Lipinski definition) is 4. The van der Waals surface area contributed by atoms with Gasteiger partial charge >= 0.3 is 6.03 Å². The number of pyridine rings is 1. The summed E-state index contributed by atoms with van der Waals surface area (Å²) in [5, 5.41) is 14.8. The summed E-state index contributed by atoms with van der Waals surface area (Å²) in [4.78, 5) is 42.4. The van der Waals surface area contributed by atoms with Gasteiger partial charge in [-0.3, -0.25) is 9.78 Å². The molecule has 0 spiro atoms. The maximum Gasteiger partial charge on any atom is 0.323 e. The van der Waals surface area contributed by atoms with Crippen LogP contribution in [0.1, 0.15) is 15.9 Å². The fraction of sp³-hybridized carbons (Fsp3) is 0.226. The fourth-order valence-electron chi connectivity index (χ4n) is 4.69. The third kappa shape index (κ3) is 6.69. The van der Waals surface area contributed by atoms with E-state index in [0.29, 0.717) is 71.4 Å². The van der Waals surface area contributed by atoms with Gasteiger partial charge in [0.25, 0.3) is 5.91 Å². The van der Waals surface area contributed by atoms with E-state index >= 15 is 4.39 Å². The van der Waals surface area contributed by atoms with E-state index in [4.69, 9.17) is 20.1 Å². The summed E-state index contributed by atoms with van der Waals surface area (Å²) in [6.45, 7) is 2.32. The number of urea groups is 1. The van der Waals surface area contributed by atoms with E-state index in [1.165, 1.54) is 23.2 Å². The van der Waals surface area contributed by atoms with Gasteiger partial charge in [0.1, 0.15) is 17.5 Å². The topological polar surface area (TPSA) is 153 Å². The van der Waals surface area contributed by atoms with Crippen LogP contribution in [0.2, 0.25) is 0 Å². The average Bonchev–Trinajstić information content (AvgIpc) is 3.04. The third-order valence-electron chi connectivity index (χ3n) is 6.93. The average molecular weight is 599 g/mol. The highest BCUT2D eigenvalue weighted by atomic mass is 19.1. The fourth-order valence-corrected chi connectivity index (χ4v) is 4.69. The Morgan fingerprint density at radius 3 is 2.45 bits per heavy atom. The van der Waals surface area contributed by atoms with Crippen LogP contribution in [0, 0.1) is 11.2 Å². The number of benzene rings is 2. The molecule has 0 bridgehead atoms.